The molecule has 2 heterocycles. The summed E-state index contributed by atoms with van der Waals surface area (Å²) in [6, 6.07) is 14.5. The summed E-state index contributed by atoms with van der Waals surface area (Å²) in [5, 5.41) is 0. The number of aromatic nitrogens is 4. The molecule has 4 rings (SSSR count). The van der Waals surface area contributed by atoms with Crippen molar-refractivity contribution < 1.29 is 9.59 Å². The Kier molecular flexibility index (Phi) is 3.99. The minimum absolute atomic E-state index is 0.618. The highest BCUT2D eigenvalue weighted by molar-refractivity contribution is 5.75. The van der Waals surface area contributed by atoms with Gasteiger partial charge in [-0.1, -0.05) is 0 Å². The van der Waals surface area contributed by atoms with Gasteiger partial charge in [0.1, 0.15) is 12.6 Å². The van der Waals surface area contributed by atoms with E-state index in [1.807, 2.05) is 45.8 Å². The number of imidazole rings is 2. The van der Waals surface area contributed by atoms with E-state index >= 15 is 0 Å². The van der Waals surface area contributed by atoms with E-state index in [2.05, 4.69) is 9.97 Å². The number of benzene rings is 2. The van der Waals surface area contributed by atoms with Crippen LogP contribution in [-0.2, 0) is 0 Å². The SMILES string of the molecule is O=Cc1ccc(-n2ccnc2-c2nccn2-c2ccc(C=O)cc2)cc1. The minimum Gasteiger partial charge on any atom is -0.298 e. The van der Waals surface area contributed by atoms with E-state index < -0.39 is 0 Å². The largest absolute Gasteiger partial charge is 0.298 e. The molecule has 0 aliphatic heterocycles. The Morgan fingerprint density at radius 2 is 1.00 bits per heavy atom. The number of carbonyl (C=O) groups is 2. The lowest BCUT2D eigenvalue weighted by Crippen LogP contribution is -2.03. The summed E-state index contributed by atoms with van der Waals surface area (Å²) < 4.78 is 3.82. The Morgan fingerprint density at radius 1 is 0.615 bits per heavy atom. The summed E-state index contributed by atoms with van der Waals surface area (Å²) in [5.41, 5.74) is 3.00. The van der Waals surface area contributed by atoms with Crippen LogP contribution in [0.25, 0.3) is 23.0 Å². The van der Waals surface area contributed by atoms with Crippen LogP contribution in [0.4, 0.5) is 0 Å². The molecule has 0 atom stereocenters. The van der Waals surface area contributed by atoms with E-state index in [-0.39, 0.29) is 0 Å². The number of aldehydes is 2. The predicted molar refractivity (Wildman–Crippen MR) is 96.9 cm³/mol. The van der Waals surface area contributed by atoms with Gasteiger partial charge in [0.2, 0.25) is 0 Å². The van der Waals surface area contributed by atoms with E-state index in [0.717, 1.165) is 23.9 Å². The van der Waals surface area contributed by atoms with Gasteiger partial charge < -0.3 is 0 Å². The Morgan fingerprint density at radius 3 is 1.35 bits per heavy atom. The fraction of sp³-hybridized carbons (Fsp3) is 0. The molecular weight excluding hydrogens is 328 g/mol. The third kappa shape index (κ3) is 2.73. The van der Waals surface area contributed by atoms with Gasteiger partial charge in [-0.05, 0) is 48.5 Å². The minimum atomic E-state index is 0.618. The van der Waals surface area contributed by atoms with Crippen LogP contribution in [0.5, 0.6) is 0 Å². The van der Waals surface area contributed by atoms with Crippen molar-refractivity contribution >= 4 is 12.6 Å². The van der Waals surface area contributed by atoms with Crippen LogP contribution in [0.2, 0.25) is 0 Å². The van der Waals surface area contributed by atoms with Crippen LogP contribution in [0, 0.1) is 0 Å². The summed E-state index contributed by atoms with van der Waals surface area (Å²) in [6.45, 7) is 0. The molecular formula is C20H14N4O2. The van der Waals surface area contributed by atoms with E-state index in [1.165, 1.54) is 0 Å². The monoisotopic (exact) mass is 342 g/mol. The first-order chi connectivity index (χ1) is 12.8. The van der Waals surface area contributed by atoms with Crippen LogP contribution in [0.3, 0.4) is 0 Å². The van der Waals surface area contributed by atoms with Gasteiger partial charge in [-0.2, -0.15) is 0 Å². The number of hydrogen-bond donors (Lipinski definition) is 0. The first kappa shape index (κ1) is 15.7. The number of nitrogens with zero attached hydrogens (tertiary/aromatic N) is 4. The molecule has 0 amide bonds. The molecule has 0 fully saturated rings. The summed E-state index contributed by atoms with van der Waals surface area (Å²) >= 11 is 0. The standard InChI is InChI=1S/C20H14N4O2/c25-13-15-1-5-17(6-2-15)23-11-9-21-19(23)20-22-10-12-24(20)18-7-3-16(14-26)4-8-18/h1-14H. The van der Waals surface area contributed by atoms with E-state index in [0.29, 0.717) is 22.8 Å². The first-order valence-corrected chi connectivity index (χ1v) is 7.98. The third-order valence-electron chi connectivity index (χ3n) is 4.10. The molecule has 0 saturated carbocycles. The van der Waals surface area contributed by atoms with Gasteiger partial charge in [-0.3, -0.25) is 18.7 Å². The number of hydrogen-bond acceptors (Lipinski definition) is 4. The second-order valence-corrected chi connectivity index (χ2v) is 5.66. The van der Waals surface area contributed by atoms with Crippen molar-refractivity contribution in [2.24, 2.45) is 0 Å². The molecule has 0 N–H and O–H groups in total. The van der Waals surface area contributed by atoms with Gasteiger partial charge in [-0.25, -0.2) is 9.97 Å². The molecule has 0 bridgehead atoms. The van der Waals surface area contributed by atoms with Crippen LogP contribution in [-0.4, -0.2) is 31.7 Å². The topological polar surface area (TPSA) is 69.8 Å². The lowest BCUT2D eigenvalue weighted by molar-refractivity contribution is 0.111. The van der Waals surface area contributed by atoms with Crippen LogP contribution in [0.15, 0.2) is 73.3 Å². The maximum absolute atomic E-state index is 10.9. The maximum Gasteiger partial charge on any atom is 0.181 e. The second kappa shape index (κ2) is 6.60. The molecule has 0 spiro atoms. The molecule has 0 aliphatic rings. The predicted octanol–water partition coefficient (Wildman–Crippen LogP) is 3.35. The Labute approximate surface area is 149 Å². The summed E-state index contributed by atoms with van der Waals surface area (Å²) in [5.74, 6) is 1.35. The fourth-order valence-electron chi connectivity index (χ4n) is 2.78. The Bertz CT molecular complexity index is 972. The van der Waals surface area contributed by atoms with Crippen LogP contribution >= 0.6 is 0 Å². The Balaban J connectivity index is 1.78. The smallest absolute Gasteiger partial charge is 0.181 e. The van der Waals surface area contributed by atoms with Crippen molar-refractivity contribution in [3.05, 3.63) is 84.4 Å². The zero-order valence-electron chi connectivity index (χ0n) is 13.7. The highest BCUT2D eigenvalue weighted by Gasteiger charge is 2.14. The third-order valence-corrected chi connectivity index (χ3v) is 4.10. The van der Waals surface area contributed by atoms with Crippen LogP contribution < -0.4 is 0 Å². The zero-order valence-corrected chi connectivity index (χ0v) is 13.7. The molecule has 2 aromatic carbocycles. The van der Waals surface area contributed by atoms with Gasteiger partial charge in [0.25, 0.3) is 0 Å². The van der Waals surface area contributed by atoms with E-state index in [4.69, 9.17) is 0 Å². The summed E-state index contributed by atoms with van der Waals surface area (Å²) in [6.07, 6.45) is 8.73. The van der Waals surface area contributed by atoms with E-state index in [1.54, 1.807) is 36.7 Å². The molecule has 126 valence electrons. The maximum atomic E-state index is 10.9. The van der Waals surface area contributed by atoms with Crippen molar-refractivity contribution in [3.8, 4) is 23.0 Å². The molecule has 6 nitrogen and oxygen atoms in total. The molecule has 6 heteroatoms. The molecule has 0 saturated heterocycles. The molecule has 26 heavy (non-hydrogen) atoms. The van der Waals surface area contributed by atoms with Crippen molar-refractivity contribution in [2.75, 3.05) is 0 Å². The highest BCUT2D eigenvalue weighted by Crippen LogP contribution is 2.23. The Hall–Kier alpha value is -3.80. The number of carbonyl (C=O) groups excluding carboxylic acids is 2. The van der Waals surface area contributed by atoms with Crippen molar-refractivity contribution in [1.29, 1.82) is 0 Å². The van der Waals surface area contributed by atoms with Gasteiger partial charge in [0.05, 0.1) is 0 Å². The normalized spacial score (nSPS) is 10.6. The average Bonchev–Trinajstić information content (AvgIpc) is 3.37. The van der Waals surface area contributed by atoms with Crippen molar-refractivity contribution in [2.45, 2.75) is 0 Å². The van der Waals surface area contributed by atoms with Gasteiger partial charge in [0, 0.05) is 47.3 Å². The molecule has 0 aliphatic carbocycles. The quantitative estimate of drug-likeness (QED) is 0.522. The second-order valence-electron chi connectivity index (χ2n) is 5.66. The lowest BCUT2D eigenvalue weighted by atomic mass is 10.2. The van der Waals surface area contributed by atoms with Gasteiger partial charge >= 0.3 is 0 Å². The van der Waals surface area contributed by atoms with Crippen LogP contribution in [0.1, 0.15) is 20.7 Å². The van der Waals surface area contributed by atoms with E-state index in [9.17, 15) is 9.59 Å². The zero-order chi connectivity index (χ0) is 17.9. The van der Waals surface area contributed by atoms with Gasteiger partial charge in [-0.15, -0.1) is 0 Å². The molecule has 2 aromatic heterocycles. The molecule has 0 unspecified atom stereocenters. The van der Waals surface area contributed by atoms with Gasteiger partial charge in [0.15, 0.2) is 11.6 Å². The summed E-state index contributed by atoms with van der Waals surface area (Å²) in [4.78, 5) is 30.6. The fourth-order valence-corrected chi connectivity index (χ4v) is 2.78. The summed E-state index contributed by atoms with van der Waals surface area (Å²) in [7, 11) is 0. The average molecular weight is 342 g/mol. The first-order valence-electron chi connectivity index (χ1n) is 7.98. The highest BCUT2D eigenvalue weighted by atomic mass is 16.1. The lowest BCUT2D eigenvalue weighted by Gasteiger charge is -2.10. The van der Waals surface area contributed by atoms with Crippen molar-refractivity contribution in [1.82, 2.24) is 19.1 Å². The molecule has 4 aromatic rings. The number of rotatable bonds is 5. The molecule has 0 radical (unpaired) electrons. The van der Waals surface area contributed by atoms with Crippen molar-refractivity contribution in [3.63, 3.8) is 0 Å².